The third-order valence-electron chi connectivity index (χ3n) is 4.58. The van der Waals surface area contributed by atoms with E-state index in [2.05, 4.69) is 47.4 Å². The van der Waals surface area contributed by atoms with Gasteiger partial charge in [0.2, 0.25) is 0 Å². The van der Waals surface area contributed by atoms with Crippen LogP contribution in [-0.4, -0.2) is 56.7 Å². The smallest absolute Gasteiger partial charge is 0.191 e. The van der Waals surface area contributed by atoms with Crippen molar-refractivity contribution in [3.63, 3.8) is 0 Å². The minimum absolute atomic E-state index is 0. The van der Waals surface area contributed by atoms with Crippen LogP contribution in [0.15, 0.2) is 29.3 Å². The fourth-order valence-electron chi connectivity index (χ4n) is 3.02. The third-order valence-corrected chi connectivity index (χ3v) is 4.58. The fraction of sp³-hybridized carbons (Fsp3) is 0.632. The van der Waals surface area contributed by atoms with Crippen LogP contribution >= 0.6 is 24.0 Å². The van der Waals surface area contributed by atoms with E-state index in [4.69, 9.17) is 4.74 Å². The molecule has 1 aromatic carbocycles. The van der Waals surface area contributed by atoms with E-state index >= 15 is 0 Å². The summed E-state index contributed by atoms with van der Waals surface area (Å²) >= 11 is 0. The molecule has 2 N–H and O–H groups in total. The number of aryl methyl sites for hydroxylation is 1. The van der Waals surface area contributed by atoms with Gasteiger partial charge < -0.3 is 20.3 Å². The number of rotatable bonds is 7. The molecule has 0 aliphatic carbocycles. The Labute approximate surface area is 169 Å². The van der Waals surface area contributed by atoms with Crippen molar-refractivity contribution in [1.82, 2.24) is 15.5 Å². The molecular weight excluding hydrogens is 427 g/mol. The van der Waals surface area contributed by atoms with Gasteiger partial charge >= 0.3 is 0 Å². The first-order valence-corrected chi connectivity index (χ1v) is 9.01. The Kier molecular flexibility index (Phi) is 10.2. The Balaban J connectivity index is 0.00000312. The van der Waals surface area contributed by atoms with Crippen molar-refractivity contribution in [2.45, 2.75) is 33.3 Å². The molecule has 1 heterocycles. The quantitative estimate of drug-likeness (QED) is 0.373. The maximum absolute atomic E-state index is 5.99. The molecule has 142 valence electrons. The second kappa shape index (κ2) is 11.6. The van der Waals surface area contributed by atoms with Crippen molar-refractivity contribution in [1.29, 1.82) is 0 Å². The number of ether oxygens (including phenoxy) is 1. The van der Waals surface area contributed by atoms with Crippen LogP contribution in [0.1, 0.15) is 25.8 Å². The molecule has 0 bridgehead atoms. The number of nitrogens with zero attached hydrogens (tertiary/aromatic N) is 2. The number of halogens is 1. The van der Waals surface area contributed by atoms with Gasteiger partial charge in [-0.3, -0.25) is 4.99 Å². The van der Waals surface area contributed by atoms with Gasteiger partial charge in [0.15, 0.2) is 5.96 Å². The van der Waals surface area contributed by atoms with Crippen LogP contribution in [0.25, 0.3) is 0 Å². The summed E-state index contributed by atoms with van der Waals surface area (Å²) in [4.78, 5) is 6.81. The van der Waals surface area contributed by atoms with Gasteiger partial charge in [-0.1, -0.05) is 25.1 Å². The summed E-state index contributed by atoms with van der Waals surface area (Å²) in [7, 11) is 1.81. The normalized spacial score (nSPS) is 19.2. The molecule has 1 aliphatic heterocycles. The third kappa shape index (κ3) is 7.40. The predicted molar refractivity (Wildman–Crippen MR) is 116 cm³/mol. The number of para-hydroxylation sites is 1. The second-order valence-electron chi connectivity index (χ2n) is 6.58. The summed E-state index contributed by atoms with van der Waals surface area (Å²) in [5, 5.41) is 6.80. The summed E-state index contributed by atoms with van der Waals surface area (Å²) in [5.41, 5.74) is 1.16. The highest BCUT2D eigenvalue weighted by molar-refractivity contribution is 14.0. The van der Waals surface area contributed by atoms with Gasteiger partial charge in [0.05, 0.1) is 6.54 Å². The monoisotopic (exact) mass is 460 g/mol. The van der Waals surface area contributed by atoms with Gasteiger partial charge in [-0.15, -0.1) is 24.0 Å². The molecule has 0 spiro atoms. The zero-order valence-corrected chi connectivity index (χ0v) is 18.2. The molecule has 6 heteroatoms. The molecule has 0 amide bonds. The lowest BCUT2D eigenvalue weighted by molar-refractivity contribution is 0.222. The van der Waals surface area contributed by atoms with Crippen LogP contribution in [-0.2, 0) is 0 Å². The van der Waals surface area contributed by atoms with Gasteiger partial charge in [-0.2, -0.15) is 0 Å². The molecule has 0 radical (unpaired) electrons. The minimum atomic E-state index is 0. The van der Waals surface area contributed by atoms with Crippen molar-refractivity contribution in [3.8, 4) is 5.75 Å². The van der Waals surface area contributed by atoms with E-state index in [0.717, 1.165) is 36.9 Å². The van der Waals surface area contributed by atoms with Crippen LogP contribution in [0.5, 0.6) is 5.75 Å². The summed E-state index contributed by atoms with van der Waals surface area (Å²) < 4.78 is 5.99. The molecule has 2 rings (SSSR count). The lowest BCUT2D eigenvalue weighted by Crippen LogP contribution is -2.43. The summed E-state index contributed by atoms with van der Waals surface area (Å²) in [5.74, 6) is 2.51. The zero-order chi connectivity index (χ0) is 17.4. The largest absolute Gasteiger partial charge is 0.489 e. The molecule has 1 aliphatic rings. The Bertz CT molecular complexity index is 538. The SMILES string of the molecule is CCN1CCC(CNC(=NC)NCC(C)Oc2ccccc2C)C1.I. The van der Waals surface area contributed by atoms with E-state index in [9.17, 15) is 0 Å². The maximum atomic E-state index is 5.99. The first kappa shape index (κ1) is 22.0. The molecule has 1 fully saturated rings. The Morgan fingerprint density at radius 1 is 1.36 bits per heavy atom. The van der Waals surface area contributed by atoms with Crippen molar-refractivity contribution < 1.29 is 4.74 Å². The zero-order valence-electron chi connectivity index (χ0n) is 15.9. The van der Waals surface area contributed by atoms with Gasteiger partial charge in [0, 0.05) is 20.1 Å². The van der Waals surface area contributed by atoms with Crippen LogP contribution in [0, 0.1) is 12.8 Å². The van der Waals surface area contributed by atoms with Crippen LogP contribution in [0.3, 0.4) is 0 Å². The van der Waals surface area contributed by atoms with E-state index < -0.39 is 0 Å². The molecule has 5 nitrogen and oxygen atoms in total. The number of aliphatic imine (C=N–C) groups is 1. The highest BCUT2D eigenvalue weighted by Crippen LogP contribution is 2.17. The number of benzene rings is 1. The molecule has 0 aromatic heterocycles. The number of likely N-dealkylation sites (tertiary alicyclic amines) is 1. The van der Waals surface area contributed by atoms with Gasteiger partial charge in [-0.05, 0) is 50.9 Å². The lowest BCUT2D eigenvalue weighted by Gasteiger charge is -2.20. The molecule has 2 unspecified atom stereocenters. The highest BCUT2D eigenvalue weighted by atomic mass is 127. The first-order chi connectivity index (χ1) is 11.6. The molecule has 1 aromatic rings. The number of nitrogens with one attached hydrogen (secondary N) is 2. The molecule has 1 saturated heterocycles. The molecule has 2 atom stereocenters. The molecule has 0 saturated carbocycles. The Hall–Kier alpha value is -1.02. The maximum Gasteiger partial charge on any atom is 0.191 e. The summed E-state index contributed by atoms with van der Waals surface area (Å²) in [6, 6.07) is 8.11. The second-order valence-corrected chi connectivity index (χ2v) is 6.58. The van der Waals surface area contributed by atoms with E-state index in [1.54, 1.807) is 0 Å². The van der Waals surface area contributed by atoms with Crippen LogP contribution in [0.2, 0.25) is 0 Å². The summed E-state index contributed by atoms with van der Waals surface area (Å²) in [6.07, 6.45) is 1.34. The predicted octanol–water partition coefficient (Wildman–Crippen LogP) is 2.89. The number of guanidine groups is 1. The molecular formula is C19H33IN4O. The van der Waals surface area contributed by atoms with Crippen LogP contribution < -0.4 is 15.4 Å². The average molecular weight is 460 g/mol. The standard InChI is InChI=1S/C19H32N4O.HI/c1-5-23-11-10-17(14-23)13-22-19(20-4)21-12-16(3)24-18-9-7-6-8-15(18)2;/h6-9,16-17H,5,10-14H2,1-4H3,(H2,20,21,22);1H. The van der Waals surface area contributed by atoms with Gasteiger partial charge in [-0.25, -0.2) is 0 Å². The fourth-order valence-corrected chi connectivity index (χ4v) is 3.02. The summed E-state index contributed by atoms with van der Waals surface area (Å²) in [6.45, 7) is 11.6. The van der Waals surface area contributed by atoms with Crippen molar-refractivity contribution in [2.75, 3.05) is 39.8 Å². The van der Waals surface area contributed by atoms with E-state index in [-0.39, 0.29) is 30.1 Å². The highest BCUT2D eigenvalue weighted by Gasteiger charge is 2.21. The first-order valence-electron chi connectivity index (χ1n) is 9.01. The van der Waals surface area contributed by atoms with Crippen molar-refractivity contribution >= 4 is 29.9 Å². The Morgan fingerprint density at radius 3 is 2.76 bits per heavy atom. The molecule has 25 heavy (non-hydrogen) atoms. The minimum Gasteiger partial charge on any atom is -0.489 e. The van der Waals surface area contributed by atoms with Crippen molar-refractivity contribution in [2.24, 2.45) is 10.9 Å². The average Bonchev–Trinajstić information content (AvgIpc) is 3.05. The van der Waals surface area contributed by atoms with Crippen LogP contribution in [0.4, 0.5) is 0 Å². The number of hydrogen-bond acceptors (Lipinski definition) is 3. The number of hydrogen-bond donors (Lipinski definition) is 2. The van der Waals surface area contributed by atoms with E-state index in [1.165, 1.54) is 19.5 Å². The Morgan fingerprint density at radius 2 is 2.12 bits per heavy atom. The van der Waals surface area contributed by atoms with Crippen molar-refractivity contribution in [3.05, 3.63) is 29.8 Å². The topological polar surface area (TPSA) is 48.9 Å². The van der Waals surface area contributed by atoms with E-state index in [1.807, 2.05) is 25.2 Å². The lowest BCUT2D eigenvalue weighted by atomic mass is 10.1. The van der Waals surface area contributed by atoms with Gasteiger partial charge in [0.1, 0.15) is 11.9 Å². The van der Waals surface area contributed by atoms with Gasteiger partial charge in [0.25, 0.3) is 0 Å². The van der Waals surface area contributed by atoms with E-state index in [0.29, 0.717) is 5.92 Å².